The number of amides is 1. The van der Waals surface area contributed by atoms with Gasteiger partial charge in [0.2, 0.25) is 0 Å². The average Bonchev–Trinajstić information content (AvgIpc) is 2.57. The molecule has 2 aromatic rings. The van der Waals surface area contributed by atoms with Crippen LogP contribution in [0.4, 0.5) is 4.39 Å². The third kappa shape index (κ3) is 4.72. The van der Waals surface area contributed by atoms with Gasteiger partial charge in [-0.15, -0.1) is 0 Å². The van der Waals surface area contributed by atoms with E-state index in [-0.39, 0.29) is 23.1 Å². The van der Waals surface area contributed by atoms with Gasteiger partial charge in [-0.1, -0.05) is 12.1 Å². The summed E-state index contributed by atoms with van der Waals surface area (Å²) in [5.41, 5.74) is 0.275. The number of esters is 1. The van der Waals surface area contributed by atoms with E-state index in [4.69, 9.17) is 4.74 Å². The molecule has 1 amide bonds. The van der Waals surface area contributed by atoms with E-state index in [1.807, 2.05) is 0 Å². The van der Waals surface area contributed by atoms with Gasteiger partial charge in [0.1, 0.15) is 5.82 Å². The number of nitrogens with one attached hydrogen (secondary N) is 1. The predicted octanol–water partition coefficient (Wildman–Crippen LogP) is 1.34. The number of hydrogen-bond acceptors (Lipinski definition) is 5. The van der Waals surface area contributed by atoms with Gasteiger partial charge in [0, 0.05) is 13.1 Å². The van der Waals surface area contributed by atoms with E-state index >= 15 is 0 Å². The Morgan fingerprint density at radius 1 is 1.16 bits per heavy atom. The smallest absolute Gasteiger partial charge is 0.359 e. The molecule has 0 spiro atoms. The van der Waals surface area contributed by atoms with E-state index in [2.05, 4.69) is 10.4 Å². The van der Waals surface area contributed by atoms with Crippen LogP contribution in [0.2, 0.25) is 0 Å². The normalized spacial score (nSPS) is 13.0. The summed E-state index contributed by atoms with van der Waals surface area (Å²) in [7, 11) is 1.40. The van der Waals surface area contributed by atoms with Crippen LogP contribution in [-0.4, -0.2) is 27.8 Å². The highest BCUT2D eigenvalue weighted by Crippen LogP contribution is 2.13. The van der Waals surface area contributed by atoms with Crippen molar-refractivity contribution in [2.24, 2.45) is 7.05 Å². The van der Waals surface area contributed by atoms with E-state index in [0.717, 1.165) is 4.68 Å². The maximum Gasteiger partial charge on any atom is 0.359 e. The quantitative estimate of drug-likeness (QED) is 0.825. The monoisotopic (exact) mass is 347 g/mol. The molecule has 1 heterocycles. The molecular weight excluding hydrogens is 329 g/mol. The van der Waals surface area contributed by atoms with Gasteiger partial charge >= 0.3 is 5.97 Å². The Labute approximate surface area is 143 Å². The molecule has 1 aromatic carbocycles. The third-order valence-electron chi connectivity index (χ3n) is 3.55. The molecular formula is C17H18FN3O4. The molecule has 2 atom stereocenters. The highest BCUT2D eigenvalue weighted by molar-refractivity contribution is 5.90. The van der Waals surface area contributed by atoms with Crippen molar-refractivity contribution in [3.8, 4) is 0 Å². The minimum atomic E-state index is -1.06. The van der Waals surface area contributed by atoms with Crippen LogP contribution in [0.5, 0.6) is 0 Å². The number of aromatic nitrogens is 2. The van der Waals surface area contributed by atoms with Crippen molar-refractivity contribution in [3.05, 3.63) is 63.8 Å². The zero-order chi connectivity index (χ0) is 18.6. The molecule has 132 valence electrons. The van der Waals surface area contributed by atoms with Crippen molar-refractivity contribution in [3.63, 3.8) is 0 Å². The summed E-state index contributed by atoms with van der Waals surface area (Å²) < 4.78 is 19.0. The Morgan fingerprint density at radius 3 is 2.40 bits per heavy atom. The number of ether oxygens (including phenoxy) is 1. The van der Waals surface area contributed by atoms with Gasteiger partial charge in [0.25, 0.3) is 11.5 Å². The number of carbonyl (C=O) groups is 2. The first-order chi connectivity index (χ1) is 11.8. The van der Waals surface area contributed by atoms with Crippen molar-refractivity contribution in [1.29, 1.82) is 0 Å². The van der Waals surface area contributed by atoms with Crippen LogP contribution in [-0.2, 0) is 16.6 Å². The zero-order valence-corrected chi connectivity index (χ0v) is 14.0. The first-order valence-corrected chi connectivity index (χ1v) is 7.59. The van der Waals surface area contributed by atoms with E-state index in [1.165, 1.54) is 38.2 Å². The van der Waals surface area contributed by atoms with Gasteiger partial charge in [-0.3, -0.25) is 9.59 Å². The number of aryl methyl sites for hydroxylation is 1. The minimum absolute atomic E-state index is 0.0756. The summed E-state index contributed by atoms with van der Waals surface area (Å²) in [6.45, 7) is 3.15. The molecule has 7 nitrogen and oxygen atoms in total. The van der Waals surface area contributed by atoms with Crippen LogP contribution in [0.15, 0.2) is 41.2 Å². The van der Waals surface area contributed by atoms with Crippen LogP contribution >= 0.6 is 0 Å². The second kappa shape index (κ2) is 7.69. The minimum Gasteiger partial charge on any atom is -0.448 e. The molecule has 0 fully saturated rings. The van der Waals surface area contributed by atoms with Gasteiger partial charge in [-0.25, -0.2) is 13.9 Å². The Morgan fingerprint density at radius 2 is 1.80 bits per heavy atom. The standard InChI is InChI=1S/C17H18FN3O4/c1-10(12-4-6-13(18)7-5-12)19-16(23)11(2)25-17(24)14-8-9-15(22)21(3)20-14/h4-11H,1-3H3,(H,19,23). The molecule has 8 heteroatoms. The lowest BCUT2D eigenvalue weighted by atomic mass is 10.1. The van der Waals surface area contributed by atoms with Gasteiger partial charge in [0.05, 0.1) is 6.04 Å². The Balaban J connectivity index is 1.97. The number of nitrogens with zero attached hydrogens (tertiary/aromatic N) is 2. The molecule has 25 heavy (non-hydrogen) atoms. The van der Waals surface area contributed by atoms with Gasteiger partial charge < -0.3 is 10.1 Å². The lowest BCUT2D eigenvalue weighted by Gasteiger charge is -2.18. The zero-order valence-electron chi connectivity index (χ0n) is 14.0. The molecule has 0 aliphatic heterocycles. The number of halogens is 1. The number of benzene rings is 1. The van der Waals surface area contributed by atoms with Crippen LogP contribution in [0.3, 0.4) is 0 Å². The molecule has 1 aromatic heterocycles. The van der Waals surface area contributed by atoms with Crippen molar-refractivity contribution in [2.45, 2.75) is 26.0 Å². The molecule has 0 saturated heterocycles. The summed E-state index contributed by atoms with van der Waals surface area (Å²) >= 11 is 0. The summed E-state index contributed by atoms with van der Waals surface area (Å²) in [5.74, 6) is -1.68. The molecule has 2 rings (SSSR count). The van der Waals surface area contributed by atoms with Gasteiger partial charge in [-0.2, -0.15) is 5.10 Å². The second-order valence-corrected chi connectivity index (χ2v) is 5.51. The summed E-state index contributed by atoms with van der Waals surface area (Å²) in [6, 6.07) is 7.75. The number of carbonyl (C=O) groups excluding carboxylic acids is 2. The van der Waals surface area contributed by atoms with Crippen LogP contribution in [0.1, 0.15) is 35.9 Å². The summed E-state index contributed by atoms with van der Waals surface area (Å²) in [5, 5.41) is 6.44. The molecule has 1 N–H and O–H groups in total. The number of hydrogen-bond donors (Lipinski definition) is 1. The SMILES string of the molecule is CC(OC(=O)c1ccc(=O)n(C)n1)C(=O)NC(C)c1ccc(F)cc1. The van der Waals surface area contributed by atoms with E-state index < -0.39 is 18.0 Å². The average molecular weight is 347 g/mol. The first kappa shape index (κ1) is 18.3. The van der Waals surface area contributed by atoms with Gasteiger partial charge in [0.15, 0.2) is 11.8 Å². The Hall–Kier alpha value is -3.03. The van der Waals surface area contributed by atoms with Crippen molar-refractivity contribution < 1.29 is 18.7 Å². The first-order valence-electron chi connectivity index (χ1n) is 7.59. The topological polar surface area (TPSA) is 90.3 Å². The summed E-state index contributed by atoms with van der Waals surface area (Å²) in [4.78, 5) is 35.4. The van der Waals surface area contributed by atoms with Crippen LogP contribution in [0, 0.1) is 5.82 Å². The van der Waals surface area contributed by atoms with Crippen molar-refractivity contribution in [2.75, 3.05) is 0 Å². The third-order valence-corrected chi connectivity index (χ3v) is 3.55. The van der Waals surface area contributed by atoms with Crippen LogP contribution < -0.4 is 10.9 Å². The summed E-state index contributed by atoms with van der Waals surface area (Å²) in [6.07, 6.45) is -1.06. The fraction of sp³-hybridized carbons (Fsp3) is 0.294. The highest BCUT2D eigenvalue weighted by Gasteiger charge is 2.21. The lowest BCUT2D eigenvalue weighted by Crippen LogP contribution is -2.37. The largest absolute Gasteiger partial charge is 0.448 e. The maximum atomic E-state index is 12.9. The van der Waals surface area contributed by atoms with E-state index in [1.54, 1.807) is 19.1 Å². The van der Waals surface area contributed by atoms with Crippen molar-refractivity contribution in [1.82, 2.24) is 15.1 Å². The fourth-order valence-corrected chi connectivity index (χ4v) is 2.05. The maximum absolute atomic E-state index is 12.9. The van der Waals surface area contributed by atoms with Crippen molar-refractivity contribution >= 4 is 11.9 Å². The predicted molar refractivity (Wildman–Crippen MR) is 87.3 cm³/mol. The molecule has 0 saturated carbocycles. The molecule has 0 bridgehead atoms. The van der Waals surface area contributed by atoms with Crippen LogP contribution in [0.25, 0.3) is 0 Å². The number of rotatable bonds is 5. The molecule has 0 radical (unpaired) electrons. The molecule has 0 aliphatic rings. The van der Waals surface area contributed by atoms with E-state index in [0.29, 0.717) is 5.56 Å². The Bertz CT molecular complexity index is 833. The fourth-order valence-electron chi connectivity index (χ4n) is 2.05. The highest BCUT2D eigenvalue weighted by atomic mass is 19.1. The van der Waals surface area contributed by atoms with E-state index in [9.17, 15) is 18.8 Å². The molecule has 2 unspecified atom stereocenters. The van der Waals surface area contributed by atoms with Gasteiger partial charge in [-0.05, 0) is 37.6 Å². The molecule has 0 aliphatic carbocycles. The lowest BCUT2D eigenvalue weighted by molar-refractivity contribution is -0.129. The second-order valence-electron chi connectivity index (χ2n) is 5.51. The Kier molecular flexibility index (Phi) is 5.63.